The highest BCUT2D eigenvalue weighted by Crippen LogP contribution is 2.56. The van der Waals surface area contributed by atoms with Gasteiger partial charge in [0.2, 0.25) is 0 Å². The first-order chi connectivity index (χ1) is 9.07. The average molecular weight is 263 g/mol. The number of methoxy groups -OCH3 is 1. The van der Waals surface area contributed by atoms with Gasteiger partial charge in [-0.05, 0) is 50.6 Å². The predicted molar refractivity (Wildman–Crippen MR) is 77.6 cm³/mol. The van der Waals surface area contributed by atoms with Crippen molar-refractivity contribution in [3.05, 3.63) is 29.3 Å². The van der Waals surface area contributed by atoms with Crippen LogP contribution in [0, 0.1) is 5.41 Å². The molecule has 0 bridgehead atoms. The van der Waals surface area contributed by atoms with Gasteiger partial charge in [-0.15, -0.1) is 0 Å². The third-order valence-electron chi connectivity index (χ3n) is 4.30. The number of hydrogen-bond acceptors (Lipinski definition) is 3. The predicted octanol–water partition coefficient (Wildman–Crippen LogP) is 2.63. The summed E-state index contributed by atoms with van der Waals surface area (Å²) in [5.74, 6) is 0.956. The van der Waals surface area contributed by atoms with E-state index in [-0.39, 0.29) is 18.1 Å². The summed E-state index contributed by atoms with van der Waals surface area (Å²) >= 11 is 0. The topological polar surface area (TPSA) is 32.7 Å². The van der Waals surface area contributed by atoms with Crippen molar-refractivity contribution in [2.75, 3.05) is 27.8 Å². The zero-order chi connectivity index (χ0) is 14.0. The fraction of sp³-hybridized carbons (Fsp3) is 0.625. The van der Waals surface area contributed by atoms with Gasteiger partial charge in [0.15, 0.2) is 0 Å². The molecule has 1 aliphatic carbocycles. The Kier molecular flexibility index (Phi) is 4.16. The van der Waals surface area contributed by atoms with Crippen molar-refractivity contribution in [1.82, 2.24) is 4.90 Å². The van der Waals surface area contributed by atoms with E-state index in [0.717, 1.165) is 25.0 Å². The Hall–Kier alpha value is -1.06. The summed E-state index contributed by atoms with van der Waals surface area (Å²) in [4.78, 5) is 2.23. The minimum Gasteiger partial charge on any atom is -0.496 e. The number of nitrogens with zero attached hydrogens (tertiary/aromatic N) is 1. The van der Waals surface area contributed by atoms with Gasteiger partial charge < -0.3 is 14.7 Å². The zero-order valence-corrected chi connectivity index (χ0v) is 12.4. The molecule has 0 saturated heterocycles. The lowest BCUT2D eigenvalue weighted by atomic mass is 9.88. The molecule has 2 rings (SSSR count). The molecule has 106 valence electrons. The Morgan fingerprint density at radius 3 is 2.47 bits per heavy atom. The quantitative estimate of drug-likeness (QED) is 0.856. The molecule has 0 spiro atoms. The molecular formula is C16H25NO2. The molecule has 1 aromatic rings. The van der Waals surface area contributed by atoms with Crippen molar-refractivity contribution in [3.63, 3.8) is 0 Å². The second-order valence-corrected chi connectivity index (χ2v) is 5.81. The first-order valence-electron chi connectivity index (χ1n) is 7.02. The van der Waals surface area contributed by atoms with Crippen LogP contribution in [0.25, 0.3) is 0 Å². The van der Waals surface area contributed by atoms with Crippen LogP contribution in [-0.4, -0.2) is 37.8 Å². The fourth-order valence-electron chi connectivity index (χ4n) is 3.12. The van der Waals surface area contributed by atoms with Crippen LogP contribution in [0.3, 0.4) is 0 Å². The van der Waals surface area contributed by atoms with Gasteiger partial charge in [0, 0.05) is 11.5 Å². The fourth-order valence-corrected chi connectivity index (χ4v) is 3.12. The summed E-state index contributed by atoms with van der Waals surface area (Å²) in [5.41, 5.74) is 2.58. The van der Waals surface area contributed by atoms with Crippen molar-refractivity contribution in [1.29, 1.82) is 0 Å². The Balaban J connectivity index is 2.38. The van der Waals surface area contributed by atoms with E-state index in [2.05, 4.69) is 44.1 Å². The third-order valence-corrected chi connectivity index (χ3v) is 4.30. The van der Waals surface area contributed by atoms with Crippen molar-refractivity contribution >= 4 is 0 Å². The van der Waals surface area contributed by atoms with Gasteiger partial charge in [0.05, 0.1) is 13.7 Å². The summed E-state index contributed by atoms with van der Waals surface area (Å²) < 4.78 is 5.40. The van der Waals surface area contributed by atoms with Crippen LogP contribution in [0.15, 0.2) is 18.2 Å². The molecule has 1 fully saturated rings. The Bertz CT molecular complexity index is 438. The standard InChI is InChI=1S/C16H25NO2/c1-5-12-10-13(6-7-14(12)19-4)15(17(2)3)16(11-18)8-9-16/h6-7,10,15,18H,5,8-9,11H2,1-4H3. The van der Waals surface area contributed by atoms with Crippen LogP contribution in [-0.2, 0) is 6.42 Å². The van der Waals surface area contributed by atoms with Crippen molar-refractivity contribution < 1.29 is 9.84 Å². The van der Waals surface area contributed by atoms with Crippen LogP contribution in [0.5, 0.6) is 5.75 Å². The van der Waals surface area contributed by atoms with E-state index >= 15 is 0 Å². The van der Waals surface area contributed by atoms with Crippen molar-refractivity contribution in [2.24, 2.45) is 5.41 Å². The smallest absolute Gasteiger partial charge is 0.122 e. The minimum atomic E-state index is 0.0586. The molecule has 3 heteroatoms. The van der Waals surface area contributed by atoms with Gasteiger partial charge in [-0.25, -0.2) is 0 Å². The zero-order valence-electron chi connectivity index (χ0n) is 12.4. The summed E-state index contributed by atoms with van der Waals surface area (Å²) in [6, 6.07) is 6.71. The molecule has 0 aliphatic heterocycles. The molecule has 1 N–H and O–H groups in total. The molecule has 1 unspecified atom stereocenters. The molecule has 1 atom stereocenters. The largest absolute Gasteiger partial charge is 0.496 e. The van der Waals surface area contributed by atoms with E-state index < -0.39 is 0 Å². The minimum absolute atomic E-state index is 0.0586. The van der Waals surface area contributed by atoms with Crippen LogP contribution in [0.2, 0.25) is 0 Å². The first kappa shape index (κ1) is 14.4. The lowest BCUT2D eigenvalue weighted by Crippen LogP contribution is -2.31. The molecule has 0 radical (unpaired) electrons. The number of benzene rings is 1. The summed E-state index contributed by atoms with van der Waals surface area (Å²) in [5, 5.41) is 9.71. The molecule has 3 nitrogen and oxygen atoms in total. The molecule has 0 amide bonds. The highest BCUT2D eigenvalue weighted by molar-refractivity contribution is 5.39. The van der Waals surface area contributed by atoms with Gasteiger partial charge in [-0.2, -0.15) is 0 Å². The Morgan fingerprint density at radius 1 is 1.37 bits per heavy atom. The lowest BCUT2D eigenvalue weighted by Gasteiger charge is -2.32. The first-order valence-corrected chi connectivity index (χ1v) is 7.02. The van der Waals surface area contributed by atoms with Crippen LogP contribution >= 0.6 is 0 Å². The number of hydrogen-bond donors (Lipinski definition) is 1. The van der Waals surface area contributed by atoms with Gasteiger partial charge in [-0.1, -0.05) is 19.1 Å². The molecule has 1 aliphatic rings. The number of rotatable bonds is 6. The average Bonchev–Trinajstić information content (AvgIpc) is 3.19. The summed E-state index contributed by atoms with van der Waals surface area (Å²) in [6.45, 7) is 2.41. The second kappa shape index (κ2) is 5.51. The SMILES string of the molecule is CCc1cc(C(N(C)C)C2(CO)CC2)ccc1OC. The highest BCUT2D eigenvalue weighted by Gasteiger charge is 2.50. The Labute approximate surface area is 116 Å². The number of aryl methyl sites for hydroxylation is 1. The van der Waals surface area contributed by atoms with Gasteiger partial charge >= 0.3 is 0 Å². The molecule has 1 aromatic carbocycles. The van der Waals surface area contributed by atoms with Gasteiger partial charge in [0.1, 0.15) is 5.75 Å². The number of ether oxygens (including phenoxy) is 1. The van der Waals surface area contributed by atoms with E-state index in [4.69, 9.17) is 4.74 Å². The van der Waals surface area contributed by atoms with Crippen LogP contribution in [0.4, 0.5) is 0 Å². The van der Waals surface area contributed by atoms with E-state index in [9.17, 15) is 5.11 Å². The lowest BCUT2D eigenvalue weighted by molar-refractivity contribution is 0.115. The van der Waals surface area contributed by atoms with Gasteiger partial charge in [-0.3, -0.25) is 0 Å². The maximum Gasteiger partial charge on any atom is 0.122 e. The van der Waals surface area contributed by atoms with E-state index in [1.54, 1.807) is 7.11 Å². The van der Waals surface area contributed by atoms with Crippen molar-refractivity contribution in [2.45, 2.75) is 32.2 Å². The molecular weight excluding hydrogens is 238 g/mol. The molecule has 1 saturated carbocycles. The third kappa shape index (κ3) is 2.63. The molecule has 0 aromatic heterocycles. The monoisotopic (exact) mass is 263 g/mol. The maximum absolute atomic E-state index is 9.71. The van der Waals surface area contributed by atoms with Gasteiger partial charge in [0.25, 0.3) is 0 Å². The van der Waals surface area contributed by atoms with E-state index in [0.29, 0.717) is 0 Å². The van der Waals surface area contributed by atoms with Crippen LogP contribution < -0.4 is 4.74 Å². The summed E-state index contributed by atoms with van der Waals surface area (Å²) in [6.07, 6.45) is 3.18. The second-order valence-electron chi connectivity index (χ2n) is 5.81. The normalized spacial score (nSPS) is 18.4. The van der Waals surface area contributed by atoms with Crippen molar-refractivity contribution in [3.8, 4) is 5.75 Å². The van der Waals surface area contributed by atoms with E-state index in [1.165, 1.54) is 11.1 Å². The number of aliphatic hydroxyl groups excluding tert-OH is 1. The van der Waals surface area contributed by atoms with E-state index in [1.807, 2.05) is 0 Å². The maximum atomic E-state index is 9.71. The number of aliphatic hydroxyl groups is 1. The molecule has 19 heavy (non-hydrogen) atoms. The highest BCUT2D eigenvalue weighted by atomic mass is 16.5. The summed E-state index contributed by atoms with van der Waals surface area (Å²) in [7, 11) is 5.90. The van der Waals surface area contributed by atoms with Crippen LogP contribution in [0.1, 0.15) is 36.9 Å². The molecule has 0 heterocycles. The Morgan fingerprint density at radius 2 is 2.05 bits per heavy atom.